The van der Waals surface area contributed by atoms with Crippen LogP contribution in [0.25, 0.3) is 84.5 Å². The smallest absolute Gasteiger partial charge is 0.0554 e. The number of thiophene rings is 2. The first kappa shape index (κ1) is 32.0. The zero-order valence-corrected chi connectivity index (χ0v) is 31.4. The highest BCUT2D eigenvalue weighted by atomic mass is 32.1. The lowest BCUT2D eigenvalue weighted by Gasteiger charge is -2.28. The third kappa shape index (κ3) is 5.43. The van der Waals surface area contributed by atoms with E-state index < -0.39 is 0 Å². The van der Waals surface area contributed by atoms with Crippen LogP contribution in [-0.2, 0) is 0 Å². The van der Waals surface area contributed by atoms with Crippen LogP contribution in [0.2, 0.25) is 0 Å². The second-order valence-electron chi connectivity index (χ2n) is 14.1. The van der Waals surface area contributed by atoms with Crippen molar-refractivity contribution in [1.29, 1.82) is 0 Å². The molecule has 0 amide bonds. The average Bonchev–Trinajstić information content (AvgIpc) is 3.83. The van der Waals surface area contributed by atoms with E-state index in [2.05, 4.69) is 205 Å². The summed E-state index contributed by atoms with van der Waals surface area (Å²) in [5.74, 6) is 0. The topological polar surface area (TPSA) is 3.24 Å². The molecule has 0 aliphatic rings. The highest BCUT2D eigenvalue weighted by molar-refractivity contribution is 7.26. The maximum absolute atomic E-state index is 2.48. The highest BCUT2D eigenvalue weighted by Crippen LogP contribution is 2.48. The lowest BCUT2D eigenvalue weighted by Crippen LogP contribution is -2.10. The van der Waals surface area contributed by atoms with Crippen molar-refractivity contribution >= 4 is 90.9 Å². The predicted molar refractivity (Wildman–Crippen MR) is 241 cm³/mol. The Morgan fingerprint density at radius 2 is 0.945 bits per heavy atom. The van der Waals surface area contributed by atoms with Gasteiger partial charge >= 0.3 is 0 Å². The summed E-state index contributed by atoms with van der Waals surface area (Å²) in [4.78, 5) is 2.48. The first-order chi connectivity index (χ1) is 27.3. The Hall–Kier alpha value is -6.52. The van der Waals surface area contributed by atoms with Crippen molar-refractivity contribution in [3.8, 4) is 33.4 Å². The summed E-state index contributed by atoms with van der Waals surface area (Å²) >= 11 is 3.75. The van der Waals surface area contributed by atoms with E-state index in [1.807, 2.05) is 22.7 Å². The van der Waals surface area contributed by atoms with Gasteiger partial charge in [-0.05, 0) is 98.8 Å². The fourth-order valence-corrected chi connectivity index (χ4v) is 10.7. The zero-order chi connectivity index (χ0) is 36.3. The minimum Gasteiger partial charge on any atom is -0.310 e. The molecule has 11 aromatic rings. The van der Waals surface area contributed by atoms with Gasteiger partial charge in [-0.3, -0.25) is 0 Å². The number of hydrogen-bond donors (Lipinski definition) is 0. The molecule has 55 heavy (non-hydrogen) atoms. The Labute approximate surface area is 327 Å². The van der Waals surface area contributed by atoms with Gasteiger partial charge in [0.15, 0.2) is 0 Å². The van der Waals surface area contributed by atoms with Gasteiger partial charge in [0.1, 0.15) is 0 Å². The molecule has 0 N–H and O–H groups in total. The lowest BCUT2D eigenvalue weighted by atomic mass is 9.95. The maximum Gasteiger partial charge on any atom is 0.0554 e. The van der Waals surface area contributed by atoms with Crippen LogP contribution in [0.4, 0.5) is 17.1 Å². The Kier molecular flexibility index (Phi) is 7.61. The van der Waals surface area contributed by atoms with E-state index in [4.69, 9.17) is 0 Å². The number of rotatable bonds is 6. The van der Waals surface area contributed by atoms with E-state index in [1.165, 1.54) is 90.2 Å². The molecule has 9 aromatic carbocycles. The van der Waals surface area contributed by atoms with Gasteiger partial charge in [-0.25, -0.2) is 0 Å². The van der Waals surface area contributed by atoms with Crippen molar-refractivity contribution in [3.05, 3.63) is 200 Å². The van der Waals surface area contributed by atoms with E-state index in [9.17, 15) is 0 Å². The predicted octanol–water partition coefficient (Wildman–Crippen LogP) is 16.0. The molecule has 0 bridgehead atoms. The molecule has 0 aliphatic carbocycles. The Balaban J connectivity index is 1.17. The minimum atomic E-state index is 1.11. The van der Waals surface area contributed by atoms with Crippen molar-refractivity contribution in [2.75, 3.05) is 4.90 Å². The second kappa shape index (κ2) is 13.1. The fourth-order valence-electron chi connectivity index (χ4n) is 8.30. The monoisotopic (exact) mass is 735 g/mol. The molecule has 0 aliphatic heterocycles. The van der Waals surface area contributed by atoms with Crippen molar-refractivity contribution < 1.29 is 0 Å². The lowest BCUT2D eigenvalue weighted by molar-refractivity contribution is 1.30. The van der Waals surface area contributed by atoms with Crippen molar-refractivity contribution in [2.45, 2.75) is 0 Å². The average molecular weight is 736 g/mol. The van der Waals surface area contributed by atoms with E-state index >= 15 is 0 Å². The van der Waals surface area contributed by atoms with Crippen LogP contribution in [0.5, 0.6) is 0 Å². The molecule has 2 heterocycles. The number of hydrogen-bond acceptors (Lipinski definition) is 3. The van der Waals surface area contributed by atoms with E-state index in [1.54, 1.807) is 0 Å². The maximum atomic E-state index is 2.48. The summed E-state index contributed by atoms with van der Waals surface area (Å²) in [7, 11) is 0. The SMILES string of the molecule is c1ccc(-c2cc(-c3cccc4c3sc3ccccc34)cc(N(c3ccc(-c4cccc5ccccc45)cc3)c3cccc4sc5ccccc5c34)c2)cc1. The summed E-state index contributed by atoms with van der Waals surface area (Å²) in [5, 5.41) is 7.69. The molecular weight excluding hydrogens is 703 g/mol. The summed E-state index contributed by atoms with van der Waals surface area (Å²) in [6.07, 6.45) is 0. The summed E-state index contributed by atoms with van der Waals surface area (Å²) < 4.78 is 5.21. The molecule has 0 spiro atoms. The van der Waals surface area contributed by atoms with E-state index in [0.29, 0.717) is 0 Å². The number of fused-ring (bicyclic) bond motifs is 7. The van der Waals surface area contributed by atoms with E-state index in [-0.39, 0.29) is 0 Å². The highest BCUT2D eigenvalue weighted by Gasteiger charge is 2.21. The summed E-state index contributed by atoms with van der Waals surface area (Å²) in [5.41, 5.74) is 10.7. The van der Waals surface area contributed by atoms with Gasteiger partial charge in [-0.1, -0.05) is 146 Å². The molecule has 0 saturated heterocycles. The molecule has 1 nitrogen and oxygen atoms in total. The largest absolute Gasteiger partial charge is 0.310 e. The van der Waals surface area contributed by atoms with Crippen molar-refractivity contribution in [1.82, 2.24) is 0 Å². The Bertz CT molecular complexity index is 3200. The van der Waals surface area contributed by atoms with Crippen LogP contribution in [0, 0.1) is 0 Å². The van der Waals surface area contributed by atoms with Crippen molar-refractivity contribution in [2.24, 2.45) is 0 Å². The first-order valence-corrected chi connectivity index (χ1v) is 20.3. The molecular formula is C52H33NS2. The first-order valence-electron chi connectivity index (χ1n) is 18.7. The Morgan fingerprint density at radius 1 is 0.327 bits per heavy atom. The van der Waals surface area contributed by atoms with Crippen LogP contribution in [-0.4, -0.2) is 0 Å². The summed E-state index contributed by atoms with van der Waals surface area (Å²) in [6.45, 7) is 0. The molecule has 3 heteroatoms. The Morgan fingerprint density at radius 3 is 1.80 bits per heavy atom. The van der Waals surface area contributed by atoms with Gasteiger partial charge in [-0.15, -0.1) is 22.7 Å². The van der Waals surface area contributed by atoms with Gasteiger partial charge in [0.05, 0.1) is 5.69 Å². The molecule has 0 radical (unpaired) electrons. The van der Waals surface area contributed by atoms with Gasteiger partial charge in [0.2, 0.25) is 0 Å². The minimum absolute atomic E-state index is 1.11. The molecule has 258 valence electrons. The van der Waals surface area contributed by atoms with Crippen LogP contribution in [0.15, 0.2) is 200 Å². The van der Waals surface area contributed by atoms with Crippen molar-refractivity contribution in [3.63, 3.8) is 0 Å². The third-order valence-electron chi connectivity index (χ3n) is 10.8. The van der Waals surface area contributed by atoms with Crippen LogP contribution in [0.3, 0.4) is 0 Å². The molecule has 2 aromatic heterocycles. The second-order valence-corrected chi connectivity index (χ2v) is 16.2. The standard InChI is InChI=1S/C52H33NS2/c1-2-13-34(14-3-1)37-31-38(43-21-11-22-45-44-18-6-8-24-48(44)55-52(43)45)33-40(32-37)53(47-23-12-26-50-51(47)46-19-7-9-25-49(46)54-50)39-29-27-36(28-30-39)42-20-10-16-35-15-4-5-17-41(35)42/h1-33H. The number of anilines is 3. The normalized spacial score (nSPS) is 11.6. The molecule has 0 fully saturated rings. The molecule has 0 unspecified atom stereocenters. The number of nitrogens with zero attached hydrogens (tertiary/aromatic N) is 1. The van der Waals surface area contributed by atoms with Crippen LogP contribution >= 0.6 is 22.7 Å². The van der Waals surface area contributed by atoms with Crippen LogP contribution < -0.4 is 4.90 Å². The third-order valence-corrected chi connectivity index (χ3v) is 13.2. The zero-order valence-electron chi connectivity index (χ0n) is 29.8. The molecule has 0 saturated carbocycles. The molecule has 0 atom stereocenters. The molecule has 11 rings (SSSR count). The van der Waals surface area contributed by atoms with Gasteiger partial charge < -0.3 is 4.90 Å². The van der Waals surface area contributed by atoms with Crippen LogP contribution in [0.1, 0.15) is 0 Å². The fraction of sp³-hybridized carbons (Fsp3) is 0. The summed E-state index contributed by atoms with van der Waals surface area (Å²) in [6, 6.07) is 73.5. The van der Waals surface area contributed by atoms with Gasteiger partial charge in [-0.2, -0.15) is 0 Å². The quantitative estimate of drug-likeness (QED) is 0.164. The number of benzene rings is 9. The van der Waals surface area contributed by atoms with Gasteiger partial charge in [0, 0.05) is 51.7 Å². The van der Waals surface area contributed by atoms with Gasteiger partial charge in [0.25, 0.3) is 0 Å². The van der Waals surface area contributed by atoms with E-state index in [0.717, 1.165) is 11.4 Å².